The summed E-state index contributed by atoms with van der Waals surface area (Å²) >= 11 is 1.91. The molecule has 0 aliphatic heterocycles. The van der Waals surface area contributed by atoms with Crippen molar-refractivity contribution in [3.8, 4) is 0 Å². The van der Waals surface area contributed by atoms with Gasteiger partial charge < -0.3 is 5.32 Å². The number of nitrogens with one attached hydrogen (secondary N) is 1. The summed E-state index contributed by atoms with van der Waals surface area (Å²) in [6.07, 6.45) is 5.21. The topological polar surface area (TPSA) is 24.9 Å². The fourth-order valence-corrected chi connectivity index (χ4v) is 2.51. The number of pyridine rings is 1. The molecule has 3 heteroatoms. The van der Waals surface area contributed by atoms with Crippen molar-refractivity contribution >= 4 is 22.7 Å². The zero-order valence-electron chi connectivity index (χ0n) is 11.0. The Labute approximate surface area is 113 Å². The molecule has 1 aromatic heterocycles. The third-order valence-corrected chi connectivity index (χ3v) is 3.72. The molecule has 1 N–H and O–H groups in total. The number of hydrogen-bond acceptors (Lipinski definition) is 3. The van der Waals surface area contributed by atoms with Gasteiger partial charge in [0.05, 0.1) is 5.52 Å². The molecular weight excluding hydrogens is 240 g/mol. The molecule has 0 saturated heterocycles. The fraction of sp³-hybridized carbons (Fsp3) is 0.400. The standard InChI is InChI=1S/C15H20N2S/c1-12(7-9-18-2)17-11-13-5-6-15-14(10-13)4-3-8-16-15/h3-6,8,10,12,17H,7,9,11H2,1-2H3. The van der Waals surface area contributed by atoms with E-state index in [1.807, 2.05) is 24.0 Å². The first-order valence-electron chi connectivity index (χ1n) is 6.35. The zero-order valence-corrected chi connectivity index (χ0v) is 11.8. The van der Waals surface area contributed by atoms with E-state index in [-0.39, 0.29) is 0 Å². The molecule has 1 heterocycles. The predicted molar refractivity (Wildman–Crippen MR) is 81.0 cm³/mol. The van der Waals surface area contributed by atoms with E-state index in [2.05, 4.69) is 47.7 Å². The van der Waals surface area contributed by atoms with Crippen LogP contribution in [0.15, 0.2) is 36.5 Å². The van der Waals surface area contributed by atoms with E-state index in [0.29, 0.717) is 6.04 Å². The predicted octanol–water partition coefficient (Wildman–Crippen LogP) is 3.47. The number of rotatable bonds is 6. The lowest BCUT2D eigenvalue weighted by Gasteiger charge is -2.13. The summed E-state index contributed by atoms with van der Waals surface area (Å²) in [5.74, 6) is 1.22. The Morgan fingerprint density at radius 1 is 1.33 bits per heavy atom. The number of benzene rings is 1. The first kappa shape index (κ1) is 13.4. The Kier molecular flexibility index (Phi) is 5.02. The third-order valence-electron chi connectivity index (χ3n) is 3.08. The maximum absolute atomic E-state index is 4.33. The normalized spacial score (nSPS) is 12.8. The summed E-state index contributed by atoms with van der Waals surface area (Å²) in [4.78, 5) is 4.33. The van der Waals surface area contributed by atoms with Crippen molar-refractivity contribution in [3.63, 3.8) is 0 Å². The summed E-state index contributed by atoms with van der Waals surface area (Å²) in [5.41, 5.74) is 2.39. The first-order chi connectivity index (χ1) is 8.79. The second-order valence-electron chi connectivity index (χ2n) is 4.59. The van der Waals surface area contributed by atoms with E-state index >= 15 is 0 Å². The van der Waals surface area contributed by atoms with Crippen LogP contribution in [0, 0.1) is 0 Å². The molecule has 0 bridgehead atoms. The van der Waals surface area contributed by atoms with Crippen molar-refractivity contribution in [2.24, 2.45) is 0 Å². The average Bonchev–Trinajstić information content (AvgIpc) is 2.42. The summed E-state index contributed by atoms with van der Waals surface area (Å²) in [6.45, 7) is 3.18. The van der Waals surface area contributed by atoms with Gasteiger partial charge in [-0.2, -0.15) is 11.8 Å². The molecule has 1 aromatic carbocycles. The average molecular weight is 260 g/mol. The van der Waals surface area contributed by atoms with E-state index in [0.717, 1.165) is 12.1 Å². The summed E-state index contributed by atoms with van der Waals surface area (Å²) < 4.78 is 0. The summed E-state index contributed by atoms with van der Waals surface area (Å²) in [7, 11) is 0. The molecule has 0 aliphatic carbocycles. The molecule has 0 saturated carbocycles. The monoisotopic (exact) mass is 260 g/mol. The van der Waals surface area contributed by atoms with Gasteiger partial charge in [-0.1, -0.05) is 12.1 Å². The van der Waals surface area contributed by atoms with E-state index in [1.165, 1.54) is 23.1 Å². The molecule has 1 unspecified atom stereocenters. The van der Waals surface area contributed by atoms with Crippen molar-refractivity contribution in [2.75, 3.05) is 12.0 Å². The van der Waals surface area contributed by atoms with Crippen LogP contribution in [0.1, 0.15) is 18.9 Å². The number of thioether (sulfide) groups is 1. The van der Waals surface area contributed by atoms with Gasteiger partial charge in [0.25, 0.3) is 0 Å². The van der Waals surface area contributed by atoms with Crippen LogP contribution in [0.3, 0.4) is 0 Å². The van der Waals surface area contributed by atoms with Gasteiger partial charge in [-0.15, -0.1) is 0 Å². The Hall–Kier alpha value is -1.06. The van der Waals surface area contributed by atoms with Gasteiger partial charge in [-0.3, -0.25) is 4.98 Å². The number of hydrogen-bond donors (Lipinski definition) is 1. The van der Waals surface area contributed by atoms with E-state index < -0.39 is 0 Å². The van der Waals surface area contributed by atoms with Crippen molar-refractivity contribution in [1.82, 2.24) is 10.3 Å². The molecular formula is C15H20N2S. The Balaban J connectivity index is 1.95. The van der Waals surface area contributed by atoms with Gasteiger partial charge >= 0.3 is 0 Å². The van der Waals surface area contributed by atoms with Crippen LogP contribution in [-0.4, -0.2) is 23.0 Å². The minimum Gasteiger partial charge on any atom is -0.310 e. The minimum atomic E-state index is 0.571. The van der Waals surface area contributed by atoms with E-state index in [1.54, 1.807) is 0 Å². The van der Waals surface area contributed by atoms with Crippen molar-refractivity contribution in [1.29, 1.82) is 0 Å². The second kappa shape index (κ2) is 6.76. The van der Waals surface area contributed by atoms with Crippen LogP contribution in [0.25, 0.3) is 10.9 Å². The third kappa shape index (κ3) is 3.72. The quantitative estimate of drug-likeness (QED) is 0.861. The van der Waals surface area contributed by atoms with Crippen molar-refractivity contribution in [2.45, 2.75) is 25.9 Å². The fourth-order valence-electron chi connectivity index (χ4n) is 1.92. The highest BCUT2D eigenvalue weighted by Gasteiger charge is 2.02. The molecule has 2 rings (SSSR count). The van der Waals surface area contributed by atoms with E-state index in [4.69, 9.17) is 0 Å². The molecule has 0 spiro atoms. The lowest BCUT2D eigenvalue weighted by Crippen LogP contribution is -2.25. The largest absolute Gasteiger partial charge is 0.310 e. The van der Waals surface area contributed by atoms with Gasteiger partial charge in [0, 0.05) is 24.2 Å². The van der Waals surface area contributed by atoms with Crippen molar-refractivity contribution in [3.05, 3.63) is 42.1 Å². The number of nitrogens with zero attached hydrogens (tertiary/aromatic N) is 1. The molecule has 18 heavy (non-hydrogen) atoms. The van der Waals surface area contributed by atoms with Crippen LogP contribution in [-0.2, 0) is 6.54 Å². The number of fused-ring (bicyclic) bond motifs is 1. The smallest absolute Gasteiger partial charge is 0.0702 e. The maximum Gasteiger partial charge on any atom is 0.0702 e. The molecule has 2 aromatic rings. The van der Waals surface area contributed by atoms with Crippen LogP contribution in [0.5, 0.6) is 0 Å². The van der Waals surface area contributed by atoms with Crippen LogP contribution in [0.2, 0.25) is 0 Å². The van der Waals surface area contributed by atoms with Crippen LogP contribution >= 0.6 is 11.8 Å². The Morgan fingerprint density at radius 3 is 3.06 bits per heavy atom. The van der Waals surface area contributed by atoms with Crippen LogP contribution < -0.4 is 5.32 Å². The van der Waals surface area contributed by atoms with Gasteiger partial charge in [0.15, 0.2) is 0 Å². The summed E-state index contributed by atoms with van der Waals surface area (Å²) in [5, 5.41) is 4.78. The summed E-state index contributed by atoms with van der Waals surface area (Å²) in [6, 6.07) is 11.1. The van der Waals surface area contributed by atoms with Crippen LogP contribution in [0.4, 0.5) is 0 Å². The highest BCUT2D eigenvalue weighted by atomic mass is 32.2. The highest BCUT2D eigenvalue weighted by molar-refractivity contribution is 7.98. The zero-order chi connectivity index (χ0) is 12.8. The Morgan fingerprint density at radius 2 is 2.22 bits per heavy atom. The lowest BCUT2D eigenvalue weighted by molar-refractivity contribution is 0.538. The maximum atomic E-state index is 4.33. The first-order valence-corrected chi connectivity index (χ1v) is 7.75. The second-order valence-corrected chi connectivity index (χ2v) is 5.58. The number of aromatic nitrogens is 1. The highest BCUT2D eigenvalue weighted by Crippen LogP contribution is 2.13. The molecule has 1 atom stereocenters. The SMILES string of the molecule is CSCCC(C)NCc1ccc2ncccc2c1. The van der Waals surface area contributed by atoms with Gasteiger partial charge in [-0.25, -0.2) is 0 Å². The molecule has 2 nitrogen and oxygen atoms in total. The van der Waals surface area contributed by atoms with Gasteiger partial charge in [0.1, 0.15) is 0 Å². The Bertz CT molecular complexity index is 499. The van der Waals surface area contributed by atoms with Gasteiger partial charge in [0.2, 0.25) is 0 Å². The molecule has 0 fully saturated rings. The van der Waals surface area contributed by atoms with Crippen molar-refractivity contribution < 1.29 is 0 Å². The molecule has 0 amide bonds. The van der Waals surface area contributed by atoms with Gasteiger partial charge in [-0.05, 0) is 49.1 Å². The lowest BCUT2D eigenvalue weighted by atomic mass is 10.1. The van der Waals surface area contributed by atoms with E-state index in [9.17, 15) is 0 Å². The minimum absolute atomic E-state index is 0.571. The molecule has 96 valence electrons. The molecule has 0 aliphatic rings. The molecule has 0 radical (unpaired) electrons.